The number of hydrogen-bond donors (Lipinski definition) is 5. The molecule has 6 N–H and O–H groups in total. The molecule has 21 heavy (non-hydrogen) atoms. The van der Waals surface area contributed by atoms with E-state index in [4.69, 9.17) is 15.8 Å². The van der Waals surface area contributed by atoms with Gasteiger partial charge in [0, 0.05) is 12.1 Å². The van der Waals surface area contributed by atoms with Gasteiger partial charge < -0.3 is 26.4 Å². The molecule has 0 aromatic rings. The molecular weight excluding hydrogens is 269 g/mol. The average Bonchev–Trinajstić information content (AvgIpc) is 2.42. The second-order valence-corrected chi connectivity index (χ2v) is 6.42. The van der Waals surface area contributed by atoms with Crippen LogP contribution in [0.25, 0.3) is 0 Å². The van der Waals surface area contributed by atoms with E-state index in [1.165, 1.54) is 0 Å². The second kappa shape index (κ2) is 9.40. The standard InChI is InChI=1S/C14H30BN3O3/c1-10(2)13(16)14(19)18-12-6-8-17-11(9-12)5-3-4-7-15(20)21/h10-13,17,20-21H,3-9,16H2,1-2H3,(H,18,19)/t11-,12+,13+/m1/s1. The van der Waals surface area contributed by atoms with E-state index >= 15 is 0 Å². The highest BCUT2D eigenvalue weighted by Gasteiger charge is 2.25. The minimum atomic E-state index is -1.20. The zero-order chi connectivity index (χ0) is 15.8. The molecular formula is C14H30BN3O3. The first-order valence-corrected chi connectivity index (χ1v) is 8.05. The van der Waals surface area contributed by atoms with Crippen LogP contribution in [-0.2, 0) is 4.79 Å². The highest BCUT2D eigenvalue weighted by Crippen LogP contribution is 2.15. The van der Waals surface area contributed by atoms with Gasteiger partial charge in [-0.25, -0.2) is 0 Å². The molecule has 0 aromatic heterocycles. The van der Waals surface area contributed by atoms with Crippen LogP contribution in [0.5, 0.6) is 0 Å². The van der Waals surface area contributed by atoms with Crippen molar-refractivity contribution in [3.05, 3.63) is 0 Å². The number of nitrogens with one attached hydrogen (secondary N) is 2. The highest BCUT2D eigenvalue weighted by molar-refractivity contribution is 6.40. The summed E-state index contributed by atoms with van der Waals surface area (Å²) in [7, 11) is -1.20. The van der Waals surface area contributed by atoms with E-state index < -0.39 is 13.2 Å². The number of hydrogen-bond acceptors (Lipinski definition) is 5. The Morgan fingerprint density at radius 2 is 2.14 bits per heavy atom. The fraction of sp³-hybridized carbons (Fsp3) is 0.929. The Morgan fingerprint density at radius 1 is 1.43 bits per heavy atom. The number of piperidine rings is 1. The number of carbonyl (C=O) groups is 1. The minimum absolute atomic E-state index is 0.0564. The molecule has 3 atom stereocenters. The molecule has 0 aliphatic carbocycles. The first-order chi connectivity index (χ1) is 9.90. The molecule has 122 valence electrons. The average molecular weight is 299 g/mol. The predicted molar refractivity (Wildman–Crippen MR) is 84.6 cm³/mol. The van der Waals surface area contributed by atoms with E-state index in [2.05, 4.69) is 10.6 Å². The van der Waals surface area contributed by atoms with Crippen molar-refractivity contribution >= 4 is 13.0 Å². The summed E-state index contributed by atoms with van der Waals surface area (Å²) in [4.78, 5) is 12.0. The van der Waals surface area contributed by atoms with Crippen molar-refractivity contribution in [1.82, 2.24) is 10.6 Å². The summed E-state index contributed by atoms with van der Waals surface area (Å²) in [5.74, 6) is 0.0893. The lowest BCUT2D eigenvalue weighted by Gasteiger charge is -2.32. The van der Waals surface area contributed by atoms with Crippen LogP contribution in [0.3, 0.4) is 0 Å². The third-order valence-corrected chi connectivity index (χ3v) is 4.13. The van der Waals surface area contributed by atoms with E-state index in [-0.39, 0.29) is 17.9 Å². The van der Waals surface area contributed by atoms with Crippen molar-refractivity contribution in [2.24, 2.45) is 11.7 Å². The van der Waals surface area contributed by atoms with Gasteiger partial charge in [0.1, 0.15) is 0 Å². The SMILES string of the molecule is CC(C)[C@H](N)C(=O)N[C@H]1CCN[C@H](CCCCB(O)O)C1. The first-order valence-electron chi connectivity index (χ1n) is 8.05. The molecule has 1 heterocycles. The Morgan fingerprint density at radius 3 is 2.76 bits per heavy atom. The molecule has 0 spiro atoms. The molecule has 1 aliphatic heterocycles. The maximum atomic E-state index is 12.0. The molecule has 0 radical (unpaired) electrons. The molecule has 0 unspecified atom stereocenters. The summed E-state index contributed by atoms with van der Waals surface area (Å²) < 4.78 is 0. The summed E-state index contributed by atoms with van der Waals surface area (Å²) in [5.41, 5.74) is 5.86. The fourth-order valence-corrected chi connectivity index (χ4v) is 2.68. The molecule has 1 rings (SSSR count). The molecule has 0 aromatic carbocycles. The highest BCUT2D eigenvalue weighted by atomic mass is 16.4. The van der Waals surface area contributed by atoms with Gasteiger partial charge in [-0.1, -0.05) is 26.7 Å². The lowest BCUT2D eigenvalue weighted by atomic mass is 9.83. The van der Waals surface area contributed by atoms with Crippen LogP contribution in [0, 0.1) is 5.92 Å². The Hall–Kier alpha value is -0.625. The van der Waals surface area contributed by atoms with Crippen LogP contribution in [0.1, 0.15) is 46.0 Å². The summed E-state index contributed by atoms with van der Waals surface area (Å²) in [5, 5.41) is 24.1. The number of nitrogens with two attached hydrogens (primary N) is 1. The smallest absolute Gasteiger partial charge is 0.427 e. The van der Waals surface area contributed by atoms with Gasteiger partial charge in [-0.2, -0.15) is 0 Å². The molecule has 0 bridgehead atoms. The quantitative estimate of drug-likeness (QED) is 0.316. The third-order valence-electron chi connectivity index (χ3n) is 4.13. The third kappa shape index (κ3) is 7.26. The van der Waals surface area contributed by atoms with Crippen LogP contribution >= 0.6 is 0 Å². The van der Waals surface area contributed by atoms with Gasteiger partial charge in [0.2, 0.25) is 5.91 Å². The Bertz CT molecular complexity index is 316. The molecule has 0 saturated carbocycles. The van der Waals surface area contributed by atoms with Crippen LogP contribution < -0.4 is 16.4 Å². The topological polar surface area (TPSA) is 108 Å². The van der Waals surface area contributed by atoms with Gasteiger partial charge in [-0.3, -0.25) is 4.79 Å². The first kappa shape index (κ1) is 18.4. The van der Waals surface area contributed by atoms with E-state index in [9.17, 15) is 4.79 Å². The number of carbonyl (C=O) groups excluding carboxylic acids is 1. The molecule has 1 saturated heterocycles. The summed E-state index contributed by atoms with van der Waals surface area (Å²) in [6.07, 6.45) is 5.04. The van der Waals surface area contributed by atoms with E-state index in [0.29, 0.717) is 12.4 Å². The number of amides is 1. The molecule has 1 aliphatic rings. The van der Waals surface area contributed by atoms with Crippen molar-refractivity contribution in [2.75, 3.05) is 6.54 Å². The second-order valence-electron chi connectivity index (χ2n) is 6.42. The number of rotatable bonds is 8. The van der Waals surface area contributed by atoms with Crippen LogP contribution in [0.2, 0.25) is 6.32 Å². The molecule has 1 fully saturated rings. The van der Waals surface area contributed by atoms with E-state index in [0.717, 1.165) is 38.6 Å². The van der Waals surface area contributed by atoms with Crippen LogP contribution in [0.15, 0.2) is 0 Å². The molecule has 1 amide bonds. The maximum absolute atomic E-state index is 12.0. The minimum Gasteiger partial charge on any atom is -0.427 e. The zero-order valence-electron chi connectivity index (χ0n) is 13.2. The van der Waals surface area contributed by atoms with Gasteiger partial charge >= 0.3 is 7.12 Å². The Balaban J connectivity index is 2.27. The predicted octanol–water partition coefficient (Wildman–Crippen LogP) is -0.150. The molecule has 6 nitrogen and oxygen atoms in total. The van der Waals surface area contributed by atoms with Gasteiger partial charge in [0.15, 0.2) is 0 Å². The lowest BCUT2D eigenvalue weighted by molar-refractivity contribution is -0.124. The van der Waals surface area contributed by atoms with Crippen molar-refractivity contribution in [3.63, 3.8) is 0 Å². The van der Waals surface area contributed by atoms with Gasteiger partial charge in [0.05, 0.1) is 6.04 Å². The fourth-order valence-electron chi connectivity index (χ4n) is 2.68. The van der Waals surface area contributed by atoms with Crippen molar-refractivity contribution < 1.29 is 14.8 Å². The van der Waals surface area contributed by atoms with Gasteiger partial charge in [-0.05, 0) is 38.0 Å². The van der Waals surface area contributed by atoms with Gasteiger partial charge in [-0.15, -0.1) is 0 Å². The van der Waals surface area contributed by atoms with E-state index in [1.54, 1.807) is 0 Å². The number of unbranched alkanes of at least 4 members (excludes halogenated alkanes) is 1. The van der Waals surface area contributed by atoms with Gasteiger partial charge in [0.25, 0.3) is 0 Å². The van der Waals surface area contributed by atoms with Crippen LogP contribution in [0.4, 0.5) is 0 Å². The Labute approximate surface area is 128 Å². The van der Waals surface area contributed by atoms with Crippen molar-refractivity contribution in [3.8, 4) is 0 Å². The van der Waals surface area contributed by atoms with Crippen LogP contribution in [-0.4, -0.2) is 47.7 Å². The Kier molecular flexibility index (Phi) is 8.25. The monoisotopic (exact) mass is 299 g/mol. The maximum Gasteiger partial charge on any atom is 0.451 e. The summed E-state index contributed by atoms with van der Waals surface area (Å²) in [6.45, 7) is 4.80. The lowest BCUT2D eigenvalue weighted by Crippen LogP contribution is -2.52. The van der Waals surface area contributed by atoms with Crippen molar-refractivity contribution in [2.45, 2.75) is 70.4 Å². The summed E-state index contributed by atoms with van der Waals surface area (Å²) >= 11 is 0. The normalized spacial score (nSPS) is 23.9. The van der Waals surface area contributed by atoms with E-state index in [1.807, 2.05) is 13.8 Å². The molecule has 7 heteroatoms. The zero-order valence-corrected chi connectivity index (χ0v) is 13.2. The largest absolute Gasteiger partial charge is 0.451 e. The van der Waals surface area contributed by atoms with Crippen molar-refractivity contribution in [1.29, 1.82) is 0 Å². The summed E-state index contributed by atoms with van der Waals surface area (Å²) in [6, 6.07) is 0.136.